The molecule has 4 nitrogen and oxygen atoms in total. The molecule has 0 aliphatic carbocycles. The highest BCUT2D eigenvalue weighted by atomic mass is 35.5. The van der Waals surface area contributed by atoms with Gasteiger partial charge in [0.15, 0.2) is 0 Å². The predicted octanol–water partition coefficient (Wildman–Crippen LogP) is 4.98. The minimum Gasteiger partial charge on any atom is -0.368 e. The smallest absolute Gasteiger partial charge is 0.221 e. The van der Waals surface area contributed by atoms with E-state index in [-0.39, 0.29) is 5.95 Å². The van der Waals surface area contributed by atoms with E-state index in [1.165, 1.54) is 0 Å². The number of aromatic nitrogens is 3. The number of H-pyrrole nitrogens is 1. The van der Waals surface area contributed by atoms with Gasteiger partial charge in [-0.05, 0) is 37.3 Å². The molecule has 0 amide bonds. The Morgan fingerprint density at radius 3 is 2.70 bits per heavy atom. The van der Waals surface area contributed by atoms with Crippen molar-refractivity contribution >= 4 is 51.1 Å². The lowest BCUT2D eigenvalue weighted by Crippen LogP contribution is -1.98. The second-order valence-corrected chi connectivity index (χ2v) is 6.30. The van der Waals surface area contributed by atoms with Crippen molar-refractivity contribution in [3.8, 4) is 11.3 Å². The van der Waals surface area contributed by atoms with Crippen molar-refractivity contribution in [2.75, 3.05) is 5.73 Å². The number of fused-ring (bicyclic) bond motifs is 3. The number of nitrogens with one attached hydrogen (secondary N) is 1. The first-order chi connectivity index (χ1) is 11.0. The average molecular weight is 343 g/mol. The third kappa shape index (κ3) is 2.31. The first kappa shape index (κ1) is 14.3. The van der Waals surface area contributed by atoms with Crippen LogP contribution in [0.3, 0.4) is 0 Å². The second kappa shape index (κ2) is 5.11. The van der Waals surface area contributed by atoms with E-state index in [1.54, 1.807) is 18.2 Å². The highest BCUT2D eigenvalue weighted by Crippen LogP contribution is 2.36. The van der Waals surface area contributed by atoms with Gasteiger partial charge in [0.05, 0.1) is 10.5 Å². The van der Waals surface area contributed by atoms with Crippen LogP contribution in [0.5, 0.6) is 0 Å². The fourth-order valence-corrected chi connectivity index (χ4v) is 3.14. The van der Waals surface area contributed by atoms with Crippen molar-refractivity contribution < 1.29 is 0 Å². The third-order valence-corrected chi connectivity index (χ3v) is 4.36. The summed E-state index contributed by atoms with van der Waals surface area (Å²) in [5.74, 6) is 0.200. The molecule has 2 aromatic heterocycles. The summed E-state index contributed by atoms with van der Waals surface area (Å²) < 4.78 is 0. The van der Waals surface area contributed by atoms with Crippen molar-refractivity contribution in [3.05, 3.63) is 52.0 Å². The van der Waals surface area contributed by atoms with E-state index in [1.807, 2.05) is 19.1 Å². The molecule has 0 aliphatic heterocycles. The number of hydrogen-bond donors (Lipinski definition) is 2. The minimum atomic E-state index is 0.200. The number of aromatic amines is 1. The van der Waals surface area contributed by atoms with Gasteiger partial charge < -0.3 is 10.7 Å². The number of nitrogens with two attached hydrogens (primary N) is 1. The molecule has 0 saturated heterocycles. The third-order valence-electron chi connectivity index (χ3n) is 3.80. The van der Waals surface area contributed by atoms with Crippen LogP contribution < -0.4 is 5.73 Å². The zero-order chi connectivity index (χ0) is 16.1. The fourth-order valence-electron chi connectivity index (χ4n) is 2.76. The molecular weight excluding hydrogens is 331 g/mol. The van der Waals surface area contributed by atoms with E-state index in [0.717, 1.165) is 33.1 Å². The molecule has 4 rings (SSSR count). The highest BCUT2D eigenvalue weighted by molar-refractivity contribution is 6.35. The van der Waals surface area contributed by atoms with Crippen molar-refractivity contribution in [1.29, 1.82) is 0 Å². The van der Waals surface area contributed by atoms with Gasteiger partial charge in [0.1, 0.15) is 11.2 Å². The minimum absolute atomic E-state index is 0.200. The quantitative estimate of drug-likeness (QED) is 0.512. The SMILES string of the molecule is Cc1ccc2[nH]c3c(-c4cc(Cl)ccc4Cl)nc(N)nc3c2c1. The van der Waals surface area contributed by atoms with E-state index in [0.29, 0.717) is 15.7 Å². The lowest BCUT2D eigenvalue weighted by Gasteiger charge is -2.06. The van der Waals surface area contributed by atoms with Crippen molar-refractivity contribution in [2.45, 2.75) is 6.92 Å². The number of nitrogen functional groups attached to an aromatic ring is 1. The maximum atomic E-state index is 6.33. The van der Waals surface area contributed by atoms with Crippen molar-refractivity contribution in [1.82, 2.24) is 15.0 Å². The van der Waals surface area contributed by atoms with Crippen molar-refractivity contribution in [2.24, 2.45) is 0 Å². The molecule has 0 aliphatic rings. The van der Waals surface area contributed by atoms with Gasteiger partial charge in [0.25, 0.3) is 0 Å². The summed E-state index contributed by atoms with van der Waals surface area (Å²) >= 11 is 12.4. The predicted molar refractivity (Wildman–Crippen MR) is 96.0 cm³/mol. The molecule has 0 unspecified atom stereocenters. The van der Waals surface area contributed by atoms with Crippen LogP contribution in [0.1, 0.15) is 5.56 Å². The molecule has 114 valence electrons. The number of rotatable bonds is 1. The topological polar surface area (TPSA) is 67.6 Å². The summed E-state index contributed by atoms with van der Waals surface area (Å²) in [6, 6.07) is 11.4. The van der Waals surface area contributed by atoms with Gasteiger partial charge in [-0.25, -0.2) is 9.97 Å². The molecule has 4 aromatic rings. The Morgan fingerprint density at radius 1 is 1.04 bits per heavy atom. The number of halogens is 2. The molecule has 23 heavy (non-hydrogen) atoms. The molecule has 0 radical (unpaired) electrons. The van der Waals surface area contributed by atoms with Gasteiger partial charge >= 0.3 is 0 Å². The van der Waals surface area contributed by atoms with E-state index in [9.17, 15) is 0 Å². The summed E-state index contributed by atoms with van der Waals surface area (Å²) in [5.41, 5.74) is 11.0. The zero-order valence-corrected chi connectivity index (χ0v) is 13.7. The Hall–Kier alpha value is -2.30. The molecule has 6 heteroatoms. The van der Waals surface area contributed by atoms with E-state index < -0.39 is 0 Å². The monoisotopic (exact) mass is 342 g/mol. The van der Waals surface area contributed by atoms with Crippen LogP contribution in [0, 0.1) is 6.92 Å². The van der Waals surface area contributed by atoms with Gasteiger partial charge in [-0.2, -0.15) is 0 Å². The van der Waals surface area contributed by atoms with Gasteiger partial charge in [0, 0.05) is 21.5 Å². The molecule has 2 aromatic carbocycles. The van der Waals surface area contributed by atoms with Gasteiger partial charge in [-0.3, -0.25) is 0 Å². The van der Waals surface area contributed by atoms with Crippen molar-refractivity contribution in [3.63, 3.8) is 0 Å². The van der Waals surface area contributed by atoms with Crippen LogP contribution in [-0.2, 0) is 0 Å². The summed E-state index contributed by atoms with van der Waals surface area (Å²) in [6.45, 7) is 2.04. The number of aryl methyl sites for hydroxylation is 1. The number of nitrogens with zero attached hydrogens (tertiary/aromatic N) is 2. The lowest BCUT2D eigenvalue weighted by atomic mass is 10.1. The van der Waals surface area contributed by atoms with E-state index >= 15 is 0 Å². The molecule has 2 heterocycles. The Balaban J connectivity index is 2.15. The van der Waals surface area contributed by atoms with Gasteiger partial charge in [-0.1, -0.05) is 34.8 Å². The summed E-state index contributed by atoms with van der Waals surface area (Å²) in [6.07, 6.45) is 0. The zero-order valence-electron chi connectivity index (χ0n) is 12.2. The number of hydrogen-bond acceptors (Lipinski definition) is 3. The Kier molecular flexibility index (Phi) is 3.18. The molecule has 0 saturated carbocycles. The standard InChI is InChI=1S/C17H12Cl2N4/c1-8-2-5-13-11(6-8)15-16(21-13)14(22-17(20)23-15)10-7-9(18)3-4-12(10)19/h2-7,21H,1H3,(H2,20,22,23). The maximum Gasteiger partial charge on any atom is 0.221 e. The lowest BCUT2D eigenvalue weighted by molar-refractivity contribution is 1.24. The Labute approximate surface area is 142 Å². The number of anilines is 1. The van der Waals surface area contributed by atoms with E-state index in [2.05, 4.69) is 21.0 Å². The van der Waals surface area contributed by atoms with E-state index in [4.69, 9.17) is 28.9 Å². The van der Waals surface area contributed by atoms with Crippen LogP contribution in [0.25, 0.3) is 33.2 Å². The first-order valence-corrected chi connectivity index (χ1v) is 7.79. The van der Waals surface area contributed by atoms with Gasteiger partial charge in [0.2, 0.25) is 5.95 Å². The van der Waals surface area contributed by atoms with Crippen LogP contribution >= 0.6 is 23.2 Å². The number of benzene rings is 2. The summed E-state index contributed by atoms with van der Waals surface area (Å²) in [7, 11) is 0. The molecular formula is C17H12Cl2N4. The highest BCUT2D eigenvalue weighted by Gasteiger charge is 2.16. The van der Waals surface area contributed by atoms with Crippen LogP contribution in [0.2, 0.25) is 10.0 Å². The molecule has 0 bridgehead atoms. The fraction of sp³-hybridized carbons (Fsp3) is 0.0588. The molecule has 0 fully saturated rings. The average Bonchev–Trinajstić information content (AvgIpc) is 2.87. The molecule has 0 atom stereocenters. The maximum absolute atomic E-state index is 6.33. The van der Waals surface area contributed by atoms with Crippen LogP contribution in [-0.4, -0.2) is 15.0 Å². The largest absolute Gasteiger partial charge is 0.368 e. The Bertz CT molecular complexity index is 1070. The second-order valence-electron chi connectivity index (χ2n) is 5.45. The summed E-state index contributed by atoms with van der Waals surface area (Å²) in [5, 5.41) is 2.15. The Morgan fingerprint density at radius 2 is 1.87 bits per heavy atom. The first-order valence-electron chi connectivity index (χ1n) is 7.04. The molecule has 0 spiro atoms. The molecule has 3 N–H and O–H groups in total. The van der Waals surface area contributed by atoms with Gasteiger partial charge in [-0.15, -0.1) is 0 Å². The van der Waals surface area contributed by atoms with Crippen LogP contribution in [0.4, 0.5) is 5.95 Å². The van der Waals surface area contributed by atoms with Crippen LogP contribution in [0.15, 0.2) is 36.4 Å². The summed E-state index contributed by atoms with van der Waals surface area (Å²) in [4.78, 5) is 12.1. The normalized spacial score (nSPS) is 11.4.